The third-order valence-electron chi connectivity index (χ3n) is 3.94. The lowest BCUT2D eigenvalue weighted by atomic mass is 9.96. The van der Waals surface area contributed by atoms with Crippen molar-refractivity contribution >= 4 is 5.69 Å². The lowest BCUT2D eigenvalue weighted by Crippen LogP contribution is -2.09. The van der Waals surface area contributed by atoms with Gasteiger partial charge in [0.05, 0.1) is 5.41 Å². The van der Waals surface area contributed by atoms with Crippen molar-refractivity contribution in [2.45, 2.75) is 18.3 Å². The van der Waals surface area contributed by atoms with Gasteiger partial charge in [-0.15, -0.1) is 0 Å². The molecule has 0 aliphatic heterocycles. The van der Waals surface area contributed by atoms with E-state index in [0.717, 1.165) is 24.2 Å². The third kappa shape index (κ3) is 1.98. The van der Waals surface area contributed by atoms with Crippen molar-refractivity contribution in [2.75, 3.05) is 5.73 Å². The van der Waals surface area contributed by atoms with E-state index < -0.39 is 0 Å². The summed E-state index contributed by atoms with van der Waals surface area (Å²) in [6.07, 6.45) is 3.75. The molecule has 0 spiro atoms. The van der Waals surface area contributed by atoms with Crippen LogP contribution < -0.4 is 5.73 Å². The number of hydrogen-bond donors (Lipinski definition) is 1. The minimum atomic E-state index is -0.145. The first kappa shape index (κ1) is 12.1. The van der Waals surface area contributed by atoms with Crippen LogP contribution in [-0.4, -0.2) is 15.1 Å². The monoisotopic (exact) mass is 278 g/mol. The van der Waals surface area contributed by atoms with Crippen molar-refractivity contribution in [1.29, 1.82) is 0 Å². The van der Waals surface area contributed by atoms with Crippen molar-refractivity contribution in [3.63, 3.8) is 0 Å². The highest BCUT2D eigenvalue weighted by molar-refractivity contribution is 5.50. The number of hydrogen-bond acceptors (Lipinski definition) is 5. The second-order valence-electron chi connectivity index (χ2n) is 5.34. The van der Waals surface area contributed by atoms with E-state index in [1.165, 1.54) is 5.56 Å². The van der Waals surface area contributed by atoms with Crippen LogP contribution in [0, 0.1) is 0 Å². The second-order valence-corrected chi connectivity index (χ2v) is 5.34. The fraction of sp³-hybridized carbons (Fsp3) is 0.188. The first-order chi connectivity index (χ1) is 10.3. The molecule has 0 unspecified atom stereocenters. The summed E-state index contributed by atoms with van der Waals surface area (Å²) in [7, 11) is 0. The maximum absolute atomic E-state index is 5.75. The Bertz CT molecular complexity index is 760. The van der Waals surface area contributed by atoms with Crippen LogP contribution in [0.1, 0.15) is 24.3 Å². The Morgan fingerprint density at radius 1 is 1.05 bits per heavy atom. The SMILES string of the molecule is Nc1ccc(C2(c3nc(-c4ccccn4)no3)CC2)cc1. The molecule has 2 aromatic heterocycles. The van der Waals surface area contributed by atoms with E-state index in [9.17, 15) is 0 Å². The number of aromatic nitrogens is 3. The predicted molar refractivity (Wildman–Crippen MR) is 78.4 cm³/mol. The van der Waals surface area contributed by atoms with Crippen molar-refractivity contribution in [2.24, 2.45) is 0 Å². The number of nitrogens with zero attached hydrogens (tertiary/aromatic N) is 3. The van der Waals surface area contributed by atoms with Gasteiger partial charge in [-0.05, 0) is 42.7 Å². The third-order valence-corrected chi connectivity index (χ3v) is 3.94. The van der Waals surface area contributed by atoms with Gasteiger partial charge < -0.3 is 10.3 Å². The maximum atomic E-state index is 5.75. The summed E-state index contributed by atoms with van der Waals surface area (Å²) in [5.74, 6) is 1.19. The highest BCUT2D eigenvalue weighted by Crippen LogP contribution is 2.53. The number of benzene rings is 1. The van der Waals surface area contributed by atoms with Crippen LogP contribution in [0.5, 0.6) is 0 Å². The molecular weight excluding hydrogens is 264 g/mol. The first-order valence-corrected chi connectivity index (χ1v) is 6.90. The van der Waals surface area contributed by atoms with Gasteiger partial charge in [0.2, 0.25) is 11.7 Å². The molecule has 0 atom stereocenters. The van der Waals surface area contributed by atoms with Crippen molar-refractivity contribution < 1.29 is 4.52 Å². The van der Waals surface area contributed by atoms with Gasteiger partial charge >= 0.3 is 0 Å². The second kappa shape index (κ2) is 4.41. The number of rotatable bonds is 3. The Balaban J connectivity index is 1.71. The molecule has 1 fully saturated rings. The summed E-state index contributed by atoms with van der Waals surface area (Å²) >= 11 is 0. The predicted octanol–water partition coefficient (Wildman–Crippen LogP) is 2.79. The zero-order valence-corrected chi connectivity index (χ0v) is 11.4. The molecule has 5 heteroatoms. The molecule has 1 saturated carbocycles. The molecule has 4 rings (SSSR count). The average Bonchev–Trinajstić information content (AvgIpc) is 3.19. The van der Waals surface area contributed by atoms with E-state index >= 15 is 0 Å². The Labute approximate surface area is 121 Å². The summed E-state index contributed by atoms with van der Waals surface area (Å²) in [5.41, 5.74) is 8.26. The zero-order chi connectivity index (χ0) is 14.3. The largest absolute Gasteiger partial charge is 0.399 e. The van der Waals surface area contributed by atoms with Gasteiger partial charge in [-0.2, -0.15) is 4.98 Å². The molecule has 3 aromatic rings. The average molecular weight is 278 g/mol. The highest BCUT2D eigenvalue weighted by atomic mass is 16.5. The number of nitrogen functional groups attached to an aromatic ring is 1. The summed E-state index contributed by atoms with van der Waals surface area (Å²) in [4.78, 5) is 8.79. The Morgan fingerprint density at radius 3 is 2.52 bits per heavy atom. The molecule has 1 aromatic carbocycles. The van der Waals surface area contributed by atoms with E-state index in [-0.39, 0.29) is 5.41 Å². The number of nitrogens with two attached hydrogens (primary N) is 1. The minimum absolute atomic E-state index is 0.145. The summed E-state index contributed by atoms with van der Waals surface area (Å²) in [6.45, 7) is 0. The number of anilines is 1. The molecule has 0 amide bonds. The van der Waals surface area contributed by atoms with Crippen LogP contribution in [-0.2, 0) is 5.41 Å². The summed E-state index contributed by atoms with van der Waals surface area (Å²) < 4.78 is 5.50. The van der Waals surface area contributed by atoms with E-state index in [2.05, 4.69) is 15.1 Å². The zero-order valence-electron chi connectivity index (χ0n) is 11.4. The molecule has 1 aliphatic carbocycles. The summed E-state index contributed by atoms with van der Waals surface area (Å²) in [5, 5.41) is 4.06. The molecule has 1 aliphatic rings. The quantitative estimate of drug-likeness (QED) is 0.745. The maximum Gasteiger partial charge on any atom is 0.237 e. The molecule has 104 valence electrons. The van der Waals surface area contributed by atoms with E-state index in [0.29, 0.717) is 11.7 Å². The van der Waals surface area contributed by atoms with Crippen molar-refractivity contribution in [1.82, 2.24) is 15.1 Å². The van der Waals surface area contributed by atoms with E-state index in [4.69, 9.17) is 10.3 Å². The Morgan fingerprint density at radius 2 is 1.86 bits per heavy atom. The fourth-order valence-electron chi connectivity index (χ4n) is 2.57. The molecular formula is C16H14N4O. The molecule has 21 heavy (non-hydrogen) atoms. The van der Waals surface area contributed by atoms with Gasteiger partial charge in [-0.3, -0.25) is 4.98 Å². The van der Waals surface area contributed by atoms with Gasteiger partial charge in [0.25, 0.3) is 0 Å². The molecule has 5 nitrogen and oxygen atoms in total. The van der Waals surface area contributed by atoms with Crippen LogP contribution in [0.2, 0.25) is 0 Å². The van der Waals surface area contributed by atoms with Crippen LogP contribution in [0.4, 0.5) is 5.69 Å². The van der Waals surface area contributed by atoms with Gasteiger partial charge in [-0.1, -0.05) is 23.4 Å². The number of pyridine rings is 1. The first-order valence-electron chi connectivity index (χ1n) is 6.90. The van der Waals surface area contributed by atoms with Gasteiger partial charge in [-0.25, -0.2) is 0 Å². The van der Waals surface area contributed by atoms with Crippen LogP contribution >= 0.6 is 0 Å². The minimum Gasteiger partial charge on any atom is -0.399 e. The Kier molecular flexibility index (Phi) is 2.54. The Hall–Kier alpha value is -2.69. The van der Waals surface area contributed by atoms with Crippen molar-refractivity contribution in [3.05, 3.63) is 60.1 Å². The van der Waals surface area contributed by atoms with Gasteiger partial charge in [0.1, 0.15) is 5.69 Å². The van der Waals surface area contributed by atoms with Gasteiger partial charge in [0, 0.05) is 11.9 Å². The molecule has 0 bridgehead atoms. The lowest BCUT2D eigenvalue weighted by Gasteiger charge is -2.10. The molecule has 2 heterocycles. The summed E-state index contributed by atoms with van der Waals surface area (Å²) in [6, 6.07) is 13.5. The van der Waals surface area contributed by atoms with E-state index in [1.54, 1.807) is 6.20 Å². The molecule has 2 N–H and O–H groups in total. The van der Waals surface area contributed by atoms with E-state index in [1.807, 2.05) is 42.5 Å². The standard InChI is InChI=1S/C16H14N4O/c17-12-6-4-11(5-7-12)16(8-9-16)15-19-14(20-21-15)13-3-1-2-10-18-13/h1-7,10H,8-9,17H2. The van der Waals surface area contributed by atoms with Crippen LogP contribution in [0.3, 0.4) is 0 Å². The van der Waals surface area contributed by atoms with Crippen molar-refractivity contribution in [3.8, 4) is 11.5 Å². The molecule has 0 radical (unpaired) electrons. The fourth-order valence-corrected chi connectivity index (χ4v) is 2.57. The van der Waals surface area contributed by atoms with Crippen LogP contribution in [0.25, 0.3) is 11.5 Å². The van der Waals surface area contributed by atoms with Crippen LogP contribution in [0.15, 0.2) is 53.2 Å². The topological polar surface area (TPSA) is 77.8 Å². The normalized spacial score (nSPS) is 15.8. The molecule has 0 saturated heterocycles. The lowest BCUT2D eigenvalue weighted by molar-refractivity contribution is 0.360. The smallest absolute Gasteiger partial charge is 0.237 e. The highest BCUT2D eigenvalue weighted by Gasteiger charge is 2.51. The van der Waals surface area contributed by atoms with Gasteiger partial charge in [0.15, 0.2) is 0 Å².